The van der Waals surface area contributed by atoms with Crippen LogP contribution in [-0.4, -0.2) is 8.42 Å². The molecule has 0 aromatic heterocycles. The van der Waals surface area contributed by atoms with Crippen LogP contribution in [0.15, 0.2) is 50.2 Å². The average Bonchev–Trinajstić information content (AvgIpc) is 2.43. The predicted octanol–water partition coefficient (Wildman–Crippen LogP) is 3.97. The van der Waals surface area contributed by atoms with E-state index < -0.39 is 21.7 Å². The summed E-state index contributed by atoms with van der Waals surface area (Å²) in [5, 5.41) is 0. The van der Waals surface area contributed by atoms with Crippen LogP contribution in [0, 0.1) is 11.6 Å². The van der Waals surface area contributed by atoms with Crippen molar-refractivity contribution < 1.29 is 17.2 Å². The summed E-state index contributed by atoms with van der Waals surface area (Å²) < 4.78 is 53.7. The van der Waals surface area contributed by atoms with Crippen LogP contribution in [0.4, 0.5) is 8.78 Å². The SMILES string of the molecule is O=S(=O)(NCc1cc(F)ccc1Br)c1ccc(Br)c(F)c1. The van der Waals surface area contributed by atoms with E-state index in [0.717, 1.165) is 6.07 Å². The molecule has 0 bridgehead atoms. The van der Waals surface area contributed by atoms with Crippen molar-refractivity contribution in [1.29, 1.82) is 0 Å². The Bertz CT molecular complexity index is 782. The molecule has 2 rings (SSSR count). The maximum absolute atomic E-state index is 13.4. The number of rotatable bonds is 4. The van der Waals surface area contributed by atoms with E-state index in [1.165, 1.54) is 30.3 Å². The highest BCUT2D eigenvalue weighted by Gasteiger charge is 2.16. The van der Waals surface area contributed by atoms with Crippen molar-refractivity contribution in [2.45, 2.75) is 11.4 Å². The van der Waals surface area contributed by atoms with Gasteiger partial charge in [-0.15, -0.1) is 0 Å². The zero-order valence-corrected chi connectivity index (χ0v) is 14.4. The second-order valence-corrected chi connectivity index (χ2v) is 7.61. The Morgan fingerprint density at radius 3 is 2.33 bits per heavy atom. The van der Waals surface area contributed by atoms with Gasteiger partial charge in [-0.25, -0.2) is 21.9 Å². The summed E-state index contributed by atoms with van der Waals surface area (Å²) in [6, 6.07) is 7.45. The van der Waals surface area contributed by atoms with Crippen LogP contribution < -0.4 is 4.72 Å². The van der Waals surface area contributed by atoms with Gasteiger partial charge in [0, 0.05) is 11.0 Å². The van der Waals surface area contributed by atoms with Gasteiger partial charge in [-0.2, -0.15) is 0 Å². The summed E-state index contributed by atoms with van der Waals surface area (Å²) in [5.74, 6) is -1.15. The van der Waals surface area contributed by atoms with E-state index in [2.05, 4.69) is 36.6 Å². The zero-order valence-electron chi connectivity index (χ0n) is 10.4. The van der Waals surface area contributed by atoms with Gasteiger partial charge in [0.2, 0.25) is 10.0 Å². The lowest BCUT2D eigenvalue weighted by atomic mass is 10.2. The fraction of sp³-hybridized carbons (Fsp3) is 0.0769. The molecule has 0 aliphatic heterocycles. The highest BCUT2D eigenvalue weighted by Crippen LogP contribution is 2.21. The maximum atomic E-state index is 13.4. The number of sulfonamides is 1. The molecule has 21 heavy (non-hydrogen) atoms. The minimum atomic E-state index is -3.88. The number of benzene rings is 2. The molecule has 112 valence electrons. The van der Waals surface area contributed by atoms with Gasteiger partial charge in [0.05, 0.1) is 9.37 Å². The summed E-state index contributed by atoms with van der Waals surface area (Å²) >= 11 is 6.16. The molecule has 3 nitrogen and oxygen atoms in total. The fourth-order valence-corrected chi connectivity index (χ4v) is 3.23. The topological polar surface area (TPSA) is 46.2 Å². The molecule has 0 aliphatic carbocycles. The number of hydrogen-bond donors (Lipinski definition) is 1. The second kappa shape index (κ2) is 6.51. The first kappa shape index (κ1) is 16.5. The van der Waals surface area contributed by atoms with Crippen LogP contribution in [0.1, 0.15) is 5.56 Å². The predicted molar refractivity (Wildman–Crippen MR) is 82.2 cm³/mol. The maximum Gasteiger partial charge on any atom is 0.240 e. The summed E-state index contributed by atoms with van der Waals surface area (Å²) in [6.45, 7) is -0.113. The molecule has 2 aromatic carbocycles. The second-order valence-electron chi connectivity index (χ2n) is 4.14. The number of hydrogen-bond acceptors (Lipinski definition) is 2. The Labute approximate surface area is 137 Å². The van der Waals surface area contributed by atoms with Crippen LogP contribution in [0.3, 0.4) is 0 Å². The first-order valence-electron chi connectivity index (χ1n) is 5.68. The molecule has 0 atom stereocenters. The lowest BCUT2D eigenvalue weighted by Gasteiger charge is -2.09. The van der Waals surface area contributed by atoms with Gasteiger partial charge in [0.1, 0.15) is 11.6 Å². The number of nitrogens with one attached hydrogen (secondary N) is 1. The van der Waals surface area contributed by atoms with Crippen molar-refractivity contribution in [1.82, 2.24) is 4.72 Å². The molecule has 0 aliphatic rings. The van der Waals surface area contributed by atoms with Gasteiger partial charge in [-0.1, -0.05) is 15.9 Å². The highest BCUT2D eigenvalue weighted by atomic mass is 79.9. The van der Waals surface area contributed by atoms with Gasteiger partial charge in [-0.05, 0) is 57.9 Å². The molecule has 2 aromatic rings. The van der Waals surface area contributed by atoms with Crippen LogP contribution >= 0.6 is 31.9 Å². The Balaban J connectivity index is 2.21. The van der Waals surface area contributed by atoms with Gasteiger partial charge < -0.3 is 0 Å². The quantitative estimate of drug-likeness (QED) is 0.781. The Kier molecular flexibility index (Phi) is 5.13. The molecular weight excluding hydrogens is 432 g/mol. The molecular formula is C13H9Br2F2NO2S. The molecule has 0 radical (unpaired) electrons. The molecule has 0 saturated heterocycles. The van der Waals surface area contributed by atoms with Crippen molar-refractivity contribution in [3.05, 3.63) is 62.5 Å². The molecule has 0 amide bonds. The van der Waals surface area contributed by atoms with E-state index in [1.807, 2.05) is 0 Å². The molecule has 0 saturated carbocycles. The molecule has 8 heteroatoms. The lowest BCUT2D eigenvalue weighted by molar-refractivity contribution is 0.575. The molecule has 0 fully saturated rings. The van der Waals surface area contributed by atoms with Crippen molar-refractivity contribution >= 4 is 41.9 Å². The molecule has 1 N–H and O–H groups in total. The van der Waals surface area contributed by atoms with Crippen molar-refractivity contribution in [2.24, 2.45) is 0 Å². The zero-order chi connectivity index (χ0) is 15.6. The summed E-state index contributed by atoms with van der Waals surface area (Å²) in [5.41, 5.74) is 0.441. The molecule has 0 unspecified atom stereocenters. The first-order valence-corrected chi connectivity index (χ1v) is 8.75. The largest absolute Gasteiger partial charge is 0.240 e. The Morgan fingerprint density at radius 2 is 1.67 bits per heavy atom. The van der Waals surface area contributed by atoms with E-state index in [4.69, 9.17) is 0 Å². The van der Waals surface area contributed by atoms with Gasteiger partial charge in [-0.3, -0.25) is 0 Å². The van der Waals surface area contributed by atoms with E-state index in [-0.39, 0.29) is 15.9 Å². The smallest absolute Gasteiger partial charge is 0.207 e. The first-order chi connectivity index (χ1) is 9.79. The highest BCUT2D eigenvalue weighted by molar-refractivity contribution is 9.10. The van der Waals surface area contributed by atoms with E-state index in [9.17, 15) is 17.2 Å². The minimum Gasteiger partial charge on any atom is -0.207 e. The average molecular weight is 441 g/mol. The lowest BCUT2D eigenvalue weighted by Crippen LogP contribution is -2.23. The van der Waals surface area contributed by atoms with Gasteiger partial charge >= 0.3 is 0 Å². The summed E-state index contributed by atoms with van der Waals surface area (Å²) in [6.07, 6.45) is 0. The Hall–Kier alpha value is -0.830. The van der Waals surface area contributed by atoms with Crippen LogP contribution in [-0.2, 0) is 16.6 Å². The molecule has 0 heterocycles. The third-order valence-electron chi connectivity index (χ3n) is 2.66. The summed E-state index contributed by atoms with van der Waals surface area (Å²) in [4.78, 5) is -0.198. The van der Waals surface area contributed by atoms with Crippen LogP contribution in [0.5, 0.6) is 0 Å². The standard InChI is InChI=1S/C13H9Br2F2NO2S/c14-11-3-1-9(16)5-8(11)7-18-21(19,20)10-2-4-12(15)13(17)6-10/h1-6,18H,7H2. The molecule has 0 spiro atoms. The third kappa shape index (κ3) is 4.09. The van der Waals surface area contributed by atoms with Crippen molar-refractivity contribution in [3.8, 4) is 0 Å². The van der Waals surface area contributed by atoms with E-state index >= 15 is 0 Å². The minimum absolute atomic E-state index is 0.113. The fourth-order valence-electron chi connectivity index (χ4n) is 1.58. The van der Waals surface area contributed by atoms with Crippen molar-refractivity contribution in [3.63, 3.8) is 0 Å². The van der Waals surface area contributed by atoms with Gasteiger partial charge in [0.25, 0.3) is 0 Å². The van der Waals surface area contributed by atoms with Crippen molar-refractivity contribution in [2.75, 3.05) is 0 Å². The third-order valence-corrected chi connectivity index (χ3v) is 5.48. The van der Waals surface area contributed by atoms with E-state index in [0.29, 0.717) is 10.0 Å². The monoisotopic (exact) mass is 439 g/mol. The summed E-state index contributed by atoms with van der Waals surface area (Å²) in [7, 11) is -3.88. The Morgan fingerprint density at radius 1 is 1.00 bits per heavy atom. The normalized spacial score (nSPS) is 11.6. The number of halogens is 4. The van der Waals surface area contributed by atoms with Crippen LogP contribution in [0.25, 0.3) is 0 Å². The van der Waals surface area contributed by atoms with Crippen LogP contribution in [0.2, 0.25) is 0 Å². The van der Waals surface area contributed by atoms with E-state index in [1.54, 1.807) is 0 Å². The van der Waals surface area contributed by atoms with Gasteiger partial charge in [0.15, 0.2) is 0 Å².